The van der Waals surface area contributed by atoms with Crippen molar-refractivity contribution in [1.29, 1.82) is 0 Å². The number of hydrogen-bond acceptors (Lipinski definition) is 3. The van der Waals surface area contributed by atoms with Crippen LogP contribution in [0.25, 0.3) is 0 Å². The van der Waals surface area contributed by atoms with Crippen LogP contribution in [0.15, 0.2) is 46.1 Å². The minimum atomic E-state index is 0. The molecule has 1 aliphatic heterocycles. The molecule has 3 unspecified atom stereocenters. The van der Waals surface area contributed by atoms with Gasteiger partial charge in [-0.3, -0.25) is 4.99 Å². The molecule has 2 heterocycles. The maximum atomic E-state index is 6.13. The first-order valence-corrected chi connectivity index (χ1v) is 10.8. The third kappa shape index (κ3) is 6.46. The molecule has 0 amide bonds. The van der Waals surface area contributed by atoms with Crippen molar-refractivity contribution < 1.29 is 4.74 Å². The summed E-state index contributed by atoms with van der Waals surface area (Å²) < 4.78 is 6.13. The molecule has 1 aromatic heterocycles. The number of rotatable bonds is 6. The summed E-state index contributed by atoms with van der Waals surface area (Å²) in [6.07, 6.45) is 2.46. The molecular formula is C22H32IN3OS. The van der Waals surface area contributed by atoms with E-state index in [0.29, 0.717) is 11.8 Å². The Hall–Kier alpha value is -1.12. The third-order valence-corrected chi connectivity index (χ3v) is 6.00. The Labute approximate surface area is 190 Å². The fraction of sp³-hybridized carbons (Fsp3) is 0.500. The van der Waals surface area contributed by atoms with Crippen LogP contribution in [-0.2, 0) is 4.74 Å². The van der Waals surface area contributed by atoms with Crippen molar-refractivity contribution >= 4 is 41.3 Å². The van der Waals surface area contributed by atoms with Crippen LogP contribution < -0.4 is 10.6 Å². The Morgan fingerprint density at radius 1 is 1.25 bits per heavy atom. The SMILES string of the molecule is CN=C(NCC(C)c1ccsc1)NCC1CCCOC1c1ccc(C)cc1.I. The normalized spacial score (nSPS) is 20.9. The van der Waals surface area contributed by atoms with Crippen molar-refractivity contribution in [3.05, 3.63) is 57.8 Å². The fourth-order valence-corrected chi connectivity index (χ4v) is 4.33. The van der Waals surface area contributed by atoms with Gasteiger partial charge in [0.05, 0.1) is 6.10 Å². The van der Waals surface area contributed by atoms with Gasteiger partial charge in [-0.1, -0.05) is 36.8 Å². The highest BCUT2D eigenvalue weighted by molar-refractivity contribution is 14.0. The van der Waals surface area contributed by atoms with E-state index in [1.165, 1.54) is 23.1 Å². The molecule has 4 nitrogen and oxygen atoms in total. The van der Waals surface area contributed by atoms with Gasteiger partial charge in [-0.2, -0.15) is 11.3 Å². The first-order valence-electron chi connectivity index (χ1n) is 9.82. The number of aryl methyl sites for hydroxylation is 1. The minimum absolute atomic E-state index is 0. The Morgan fingerprint density at radius 3 is 2.71 bits per heavy atom. The number of halogens is 1. The maximum absolute atomic E-state index is 6.13. The quantitative estimate of drug-likeness (QED) is 0.321. The zero-order valence-electron chi connectivity index (χ0n) is 17.0. The molecule has 0 radical (unpaired) electrons. The molecule has 0 saturated carbocycles. The fourth-order valence-electron chi connectivity index (χ4n) is 3.55. The van der Waals surface area contributed by atoms with Crippen molar-refractivity contribution in [1.82, 2.24) is 10.6 Å². The summed E-state index contributed by atoms with van der Waals surface area (Å²) in [5.41, 5.74) is 3.94. The van der Waals surface area contributed by atoms with E-state index in [9.17, 15) is 0 Å². The molecule has 3 atom stereocenters. The second kappa shape index (κ2) is 11.8. The maximum Gasteiger partial charge on any atom is 0.191 e. The average molecular weight is 513 g/mol. The Balaban J connectivity index is 0.00000280. The van der Waals surface area contributed by atoms with Crippen LogP contribution >= 0.6 is 35.3 Å². The Morgan fingerprint density at radius 2 is 2.04 bits per heavy atom. The van der Waals surface area contributed by atoms with Crippen molar-refractivity contribution in [2.75, 3.05) is 26.7 Å². The lowest BCUT2D eigenvalue weighted by molar-refractivity contribution is -0.0265. The summed E-state index contributed by atoms with van der Waals surface area (Å²) in [6.45, 7) is 6.95. The molecule has 2 N–H and O–H groups in total. The summed E-state index contributed by atoms with van der Waals surface area (Å²) in [6, 6.07) is 10.9. The van der Waals surface area contributed by atoms with E-state index in [4.69, 9.17) is 4.74 Å². The molecule has 6 heteroatoms. The topological polar surface area (TPSA) is 45.7 Å². The summed E-state index contributed by atoms with van der Waals surface area (Å²) >= 11 is 1.75. The van der Waals surface area contributed by atoms with E-state index in [0.717, 1.165) is 32.1 Å². The lowest BCUT2D eigenvalue weighted by atomic mass is 9.89. The zero-order chi connectivity index (χ0) is 19.1. The van der Waals surface area contributed by atoms with Gasteiger partial charge in [0.15, 0.2) is 5.96 Å². The van der Waals surface area contributed by atoms with E-state index >= 15 is 0 Å². The largest absolute Gasteiger partial charge is 0.373 e. The van der Waals surface area contributed by atoms with Crippen molar-refractivity contribution in [2.24, 2.45) is 10.9 Å². The molecule has 3 rings (SSSR count). The van der Waals surface area contributed by atoms with E-state index in [1.807, 2.05) is 7.05 Å². The highest BCUT2D eigenvalue weighted by Crippen LogP contribution is 2.33. The number of benzene rings is 1. The predicted octanol–water partition coefficient (Wildman–Crippen LogP) is 5.11. The average Bonchev–Trinajstić information content (AvgIpc) is 3.24. The van der Waals surface area contributed by atoms with Gasteiger partial charge in [0.2, 0.25) is 0 Å². The summed E-state index contributed by atoms with van der Waals surface area (Å²) in [5.74, 6) is 1.78. The van der Waals surface area contributed by atoms with Gasteiger partial charge in [0.1, 0.15) is 0 Å². The molecule has 154 valence electrons. The van der Waals surface area contributed by atoms with E-state index in [1.54, 1.807) is 11.3 Å². The highest BCUT2D eigenvalue weighted by Gasteiger charge is 2.27. The smallest absolute Gasteiger partial charge is 0.191 e. The van der Waals surface area contributed by atoms with Crippen LogP contribution in [0, 0.1) is 12.8 Å². The molecule has 1 aromatic carbocycles. The Kier molecular flexibility index (Phi) is 9.74. The van der Waals surface area contributed by atoms with Gasteiger partial charge in [-0.05, 0) is 53.6 Å². The zero-order valence-corrected chi connectivity index (χ0v) is 20.1. The molecule has 1 saturated heterocycles. The van der Waals surface area contributed by atoms with Gasteiger partial charge in [0.25, 0.3) is 0 Å². The standard InChI is InChI=1S/C22H31N3OS.HI/c1-16-6-8-18(9-7-16)21-19(5-4-11-26-21)14-25-22(23-3)24-13-17(2)20-10-12-27-15-20;/h6-10,12,15,17,19,21H,4-5,11,13-14H2,1-3H3,(H2,23,24,25);1H. The summed E-state index contributed by atoms with van der Waals surface area (Å²) in [7, 11) is 1.83. The molecule has 28 heavy (non-hydrogen) atoms. The van der Waals surface area contributed by atoms with Gasteiger partial charge < -0.3 is 15.4 Å². The molecule has 1 fully saturated rings. The molecule has 0 bridgehead atoms. The van der Waals surface area contributed by atoms with Crippen LogP contribution in [0.4, 0.5) is 0 Å². The first kappa shape index (κ1) is 23.2. The minimum Gasteiger partial charge on any atom is -0.373 e. The number of ether oxygens (including phenoxy) is 1. The molecule has 0 aliphatic carbocycles. The van der Waals surface area contributed by atoms with Crippen LogP contribution in [0.5, 0.6) is 0 Å². The number of hydrogen-bond donors (Lipinski definition) is 2. The second-order valence-corrected chi connectivity index (χ2v) is 8.18. The summed E-state index contributed by atoms with van der Waals surface area (Å²) in [4.78, 5) is 4.39. The van der Waals surface area contributed by atoms with Crippen LogP contribution in [0.1, 0.15) is 48.5 Å². The van der Waals surface area contributed by atoms with Crippen LogP contribution in [0.2, 0.25) is 0 Å². The van der Waals surface area contributed by atoms with Gasteiger partial charge in [0, 0.05) is 32.7 Å². The van der Waals surface area contributed by atoms with Gasteiger partial charge >= 0.3 is 0 Å². The molecule has 2 aromatic rings. The summed E-state index contributed by atoms with van der Waals surface area (Å²) in [5, 5.41) is 11.3. The van der Waals surface area contributed by atoms with Gasteiger partial charge in [-0.25, -0.2) is 0 Å². The molecular weight excluding hydrogens is 481 g/mol. The lowest BCUT2D eigenvalue weighted by Crippen LogP contribution is -2.43. The number of nitrogens with zero attached hydrogens (tertiary/aromatic N) is 1. The Bertz CT molecular complexity index is 718. The molecule has 0 spiro atoms. The van der Waals surface area contributed by atoms with E-state index < -0.39 is 0 Å². The van der Waals surface area contributed by atoms with Gasteiger partial charge in [-0.15, -0.1) is 24.0 Å². The predicted molar refractivity (Wildman–Crippen MR) is 130 cm³/mol. The monoisotopic (exact) mass is 513 g/mol. The van der Waals surface area contributed by atoms with E-state index in [-0.39, 0.29) is 30.1 Å². The first-order chi connectivity index (χ1) is 13.2. The lowest BCUT2D eigenvalue weighted by Gasteiger charge is -2.32. The van der Waals surface area contributed by atoms with E-state index in [2.05, 4.69) is 70.6 Å². The number of nitrogens with one attached hydrogen (secondary N) is 2. The van der Waals surface area contributed by atoms with Crippen molar-refractivity contribution in [2.45, 2.75) is 38.7 Å². The number of thiophene rings is 1. The van der Waals surface area contributed by atoms with Crippen LogP contribution in [-0.4, -0.2) is 32.7 Å². The van der Waals surface area contributed by atoms with Crippen molar-refractivity contribution in [3.63, 3.8) is 0 Å². The third-order valence-electron chi connectivity index (χ3n) is 5.29. The van der Waals surface area contributed by atoms with Crippen molar-refractivity contribution in [3.8, 4) is 0 Å². The molecule has 1 aliphatic rings. The van der Waals surface area contributed by atoms with Crippen LogP contribution in [0.3, 0.4) is 0 Å². The second-order valence-electron chi connectivity index (χ2n) is 7.40. The highest BCUT2D eigenvalue weighted by atomic mass is 127. The number of guanidine groups is 1. The number of aliphatic imine (C=N–C) groups is 1.